The number of fused-ring (bicyclic) bond motifs is 1. The lowest BCUT2D eigenvalue weighted by Crippen LogP contribution is -2.32. The van der Waals surface area contributed by atoms with E-state index < -0.39 is 0 Å². The molecule has 100 valence electrons. The minimum Gasteiger partial charge on any atom is -0.393 e. The van der Waals surface area contributed by atoms with Gasteiger partial charge in [-0.15, -0.1) is 0 Å². The number of carbonyl (C=O) groups excluding carboxylic acids is 1. The smallest absolute Gasteiger partial charge is 0.267 e. The molecule has 3 rings (SSSR count). The van der Waals surface area contributed by atoms with Crippen molar-refractivity contribution >= 4 is 16.8 Å². The Kier molecular flexibility index (Phi) is 3.25. The Bertz CT molecular complexity index is 558. The highest BCUT2D eigenvalue weighted by atomic mass is 16.3. The number of H-pyrrole nitrogens is 1. The van der Waals surface area contributed by atoms with Gasteiger partial charge in [0.15, 0.2) is 0 Å². The second-order valence-electron chi connectivity index (χ2n) is 5.24. The minimum atomic E-state index is -0.261. The summed E-state index contributed by atoms with van der Waals surface area (Å²) in [6.07, 6.45) is 2.64. The third kappa shape index (κ3) is 2.49. The van der Waals surface area contributed by atoms with E-state index in [1.54, 1.807) is 0 Å². The molecule has 3 N–H and O–H groups in total. The first-order valence-corrected chi connectivity index (χ1v) is 6.78. The lowest BCUT2D eigenvalue weighted by molar-refractivity contribution is 0.0913. The summed E-state index contributed by atoms with van der Waals surface area (Å²) in [5.74, 6) is 0.101. The van der Waals surface area contributed by atoms with Crippen molar-refractivity contribution in [3.63, 3.8) is 0 Å². The van der Waals surface area contributed by atoms with Crippen molar-refractivity contribution < 1.29 is 9.90 Å². The molecule has 1 amide bonds. The van der Waals surface area contributed by atoms with Crippen LogP contribution >= 0.6 is 0 Å². The molecule has 1 aliphatic carbocycles. The number of aromatic nitrogens is 1. The van der Waals surface area contributed by atoms with Crippen molar-refractivity contribution in [1.82, 2.24) is 10.3 Å². The van der Waals surface area contributed by atoms with E-state index >= 15 is 0 Å². The van der Waals surface area contributed by atoms with Crippen LogP contribution in [0.5, 0.6) is 0 Å². The van der Waals surface area contributed by atoms with Crippen molar-refractivity contribution in [2.24, 2.45) is 5.92 Å². The average molecular weight is 258 g/mol. The largest absolute Gasteiger partial charge is 0.393 e. The lowest BCUT2D eigenvalue weighted by Gasteiger charge is -2.14. The molecule has 0 bridgehead atoms. The summed E-state index contributed by atoms with van der Waals surface area (Å²) in [7, 11) is 0. The predicted octanol–water partition coefficient (Wildman–Crippen LogP) is 2.06. The number of hydrogen-bond donors (Lipinski definition) is 3. The van der Waals surface area contributed by atoms with E-state index in [-0.39, 0.29) is 17.9 Å². The number of carbonyl (C=O) groups is 1. The molecular weight excluding hydrogens is 240 g/mol. The molecule has 0 aliphatic heterocycles. The predicted molar refractivity (Wildman–Crippen MR) is 74.0 cm³/mol. The number of aliphatic hydroxyl groups excluding tert-OH is 1. The Hall–Kier alpha value is -1.81. The normalized spacial score (nSPS) is 22.8. The third-order valence-electron chi connectivity index (χ3n) is 3.92. The molecular formula is C15H18N2O2. The van der Waals surface area contributed by atoms with Crippen LogP contribution in [0.3, 0.4) is 0 Å². The molecule has 2 unspecified atom stereocenters. The van der Waals surface area contributed by atoms with E-state index in [0.29, 0.717) is 12.2 Å². The molecule has 2 aromatic rings. The summed E-state index contributed by atoms with van der Waals surface area (Å²) in [6, 6.07) is 9.67. The zero-order valence-electron chi connectivity index (χ0n) is 10.7. The lowest BCUT2D eigenvalue weighted by atomic mass is 10.1. The van der Waals surface area contributed by atoms with Crippen LogP contribution in [0.4, 0.5) is 0 Å². The summed E-state index contributed by atoms with van der Waals surface area (Å²) >= 11 is 0. The van der Waals surface area contributed by atoms with Crippen LogP contribution in [0, 0.1) is 5.92 Å². The second kappa shape index (κ2) is 5.05. The monoisotopic (exact) mass is 258 g/mol. The van der Waals surface area contributed by atoms with Crippen molar-refractivity contribution in [2.75, 3.05) is 6.54 Å². The number of aromatic amines is 1. The number of hydrogen-bond acceptors (Lipinski definition) is 2. The maximum atomic E-state index is 12.1. The maximum Gasteiger partial charge on any atom is 0.267 e. The van der Waals surface area contributed by atoms with Gasteiger partial charge in [0.25, 0.3) is 5.91 Å². The standard InChI is InChI=1S/C15H18N2O2/c18-14-7-3-5-11(14)9-16-15(19)13-8-10-4-1-2-6-12(10)17-13/h1-2,4,6,8,11,14,17-18H,3,5,7,9H2,(H,16,19). The summed E-state index contributed by atoms with van der Waals surface area (Å²) in [6.45, 7) is 0.551. The molecule has 0 spiro atoms. The van der Waals surface area contributed by atoms with Gasteiger partial charge in [-0.3, -0.25) is 4.79 Å². The van der Waals surface area contributed by atoms with E-state index in [1.807, 2.05) is 30.3 Å². The number of benzene rings is 1. The van der Waals surface area contributed by atoms with Gasteiger partial charge >= 0.3 is 0 Å². The Morgan fingerprint density at radius 3 is 2.95 bits per heavy atom. The fourth-order valence-electron chi connectivity index (χ4n) is 2.77. The van der Waals surface area contributed by atoms with Gasteiger partial charge in [0.1, 0.15) is 5.69 Å². The summed E-state index contributed by atoms with van der Waals surface area (Å²) in [4.78, 5) is 15.2. The van der Waals surface area contributed by atoms with E-state index in [9.17, 15) is 9.90 Å². The van der Waals surface area contributed by atoms with Gasteiger partial charge in [-0.25, -0.2) is 0 Å². The highest BCUT2D eigenvalue weighted by Crippen LogP contribution is 2.24. The quantitative estimate of drug-likeness (QED) is 0.789. The Morgan fingerprint density at radius 1 is 1.37 bits per heavy atom. The topological polar surface area (TPSA) is 65.1 Å². The molecule has 1 heterocycles. The van der Waals surface area contributed by atoms with Crippen molar-refractivity contribution in [1.29, 1.82) is 0 Å². The summed E-state index contributed by atoms with van der Waals surface area (Å²) in [5, 5.41) is 13.7. The molecule has 0 radical (unpaired) electrons. The van der Waals surface area contributed by atoms with Crippen LogP contribution in [0.15, 0.2) is 30.3 Å². The van der Waals surface area contributed by atoms with E-state index in [2.05, 4.69) is 10.3 Å². The van der Waals surface area contributed by atoms with Crippen LogP contribution in [0.25, 0.3) is 10.9 Å². The van der Waals surface area contributed by atoms with Crippen molar-refractivity contribution in [3.05, 3.63) is 36.0 Å². The first kappa shape index (κ1) is 12.2. The second-order valence-corrected chi connectivity index (χ2v) is 5.24. The molecule has 1 aromatic carbocycles. The highest BCUT2D eigenvalue weighted by Gasteiger charge is 2.25. The van der Waals surface area contributed by atoms with Crippen molar-refractivity contribution in [3.8, 4) is 0 Å². The zero-order valence-corrected chi connectivity index (χ0v) is 10.7. The first-order chi connectivity index (χ1) is 9.24. The van der Waals surface area contributed by atoms with Gasteiger partial charge in [0.05, 0.1) is 6.10 Å². The van der Waals surface area contributed by atoms with Gasteiger partial charge in [0, 0.05) is 23.4 Å². The van der Waals surface area contributed by atoms with Crippen molar-refractivity contribution in [2.45, 2.75) is 25.4 Å². The van der Waals surface area contributed by atoms with E-state index in [4.69, 9.17) is 0 Å². The minimum absolute atomic E-state index is 0.102. The van der Waals surface area contributed by atoms with Gasteiger partial charge in [-0.1, -0.05) is 24.6 Å². The number of para-hydroxylation sites is 1. The van der Waals surface area contributed by atoms with Gasteiger partial charge in [0.2, 0.25) is 0 Å². The number of aliphatic hydroxyl groups is 1. The first-order valence-electron chi connectivity index (χ1n) is 6.78. The van der Waals surface area contributed by atoms with Crippen LogP contribution < -0.4 is 5.32 Å². The van der Waals surface area contributed by atoms with Gasteiger partial charge in [-0.05, 0) is 25.0 Å². The summed E-state index contributed by atoms with van der Waals surface area (Å²) < 4.78 is 0. The third-order valence-corrected chi connectivity index (χ3v) is 3.92. The fourth-order valence-corrected chi connectivity index (χ4v) is 2.77. The van der Waals surface area contributed by atoms with Crippen LogP contribution in [-0.2, 0) is 0 Å². The number of amides is 1. The molecule has 1 aliphatic rings. The fraction of sp³-hybridized carbons (Fsp3) is 0.400. The number of rotatable bonds is 3. The Balaban J connectivity index is 1.66. The average Bonchev–Trinajstić information content (AvgIpc) is 3.01. The van der Waals surface area contributed by atoms with Gasteiger partial charge in [-0.2, -0.15) is 0 Å². The van der Waals surface area contributed by atoms with Crippen LogP contribution in [0.2, 0.25) is 0 Å². The molecule has 4 nitrogen and oxygen atoms in total. The zero-order chi connectivity index (χ0) is 13.2. The molecule has 4 heteroatoms. The Morgan fingerprint density at radius 2 is 2.21 bits per heavy atom. The SMILES string of the molecule is O=C(NCC1CCCC1O)c1cc2ccccc2[nH]1. The molecule has 1 fully saturated rings. The molecule has 0 saturated heterocycles. The Labute approximate surface area is 111 Å². The highest BCUT2D eigenvalue weighted by molar-refractivity contribution is 5.97. The molecule has 1 aromatic heterocycles. The summed E-state index contributed by atoms with van der Waals surface area (Å²) in [5.41, 5.74) is 1.54. The molecule has 2 atom stereocenters. The van der Waals surface area contributed by atoms with E-state index in [1.165, 1.54) is 0 Å². The molecule has 1 saturated carbocycles. The maximum absolute atomic E-state index is 12.1. The van der Waals surface area contributed by atoms with Gasteiger partial charge < -0.3 is 15.4 Å². The van der Waals surface area contributed by atoms with Crippen LogP contribution in [0.1, 0.15) is 29.8 Å². The van der Waals surface area contributed by atoms with E-state index in [0.717, 1.165) is 30.2 Å². The van der Waals surface area contributed by atoms with Crippen LogP contribution in [-0.4, -0.2) is 28.6 Å². The number of nitrogens with one attached hydrogen (secondary N) is 2. The molecule has 19 heavy (non-hydrogen) atoms.